The first-order valence-corrected chi connectivity index (χ1v) is 7.75. The topological polar surface area (TPSA) is 0 Å². The first kappa shape index (κ1) is 12.2. The zero-order valence-electron chi connectivity index (χ0n) is 12.0. The molecule has 2 bridgehead atoms. The van der Waals surface area contributed by atoms with Crippen LogP contribution in [0.4, 0.5) is 0 Å². The van der Waals surface area contributed by atoms with Crippen LogP contribution >= 0.6 is 0 Å². The first-order chi connectivity index (χ1) is 9.80. The van der Waals surface area contributed by atoms with Gasteiger partial charge in [0.1, 0.15) is 6.54 Å². The Balaban J connectivity index is 1.60. The Morgan fingerprint density at radius 3 is 2.05 bits per heavy atom. The van der Waals surface area contributed by atoms with Gasteiger partial charge in [-0.3, -0.25) is 0 Å². The lowest BCUT2D eigenvalue weighted by atomic mass is 9.78. The van der Waals surface area contributed by atoms with Crippen molar-refractivity contribution in [2.75, 3.05) is 19.6 Å². The molecule has 0 atom stereocenters. The normalized spacial score (nSPS) is 31.6. The molecule has 4 rings (SSSR count). The van der Waals surface area contributed by atoms with Crippen molar-refractivity contribution in [2.45, 2.75) is 24.8 Å². The van der Waals surface area contributed by atoms with Crippen LogP contribution in [0.2, 0.25) is 0 Å². The van der Waals surface area contributed by atoms with Gasteiger partial charge in [-0.1, -0.05) is 60.7 Å². The summed E-state index contributed by atoms with van der Waals surface area (Å²) in [6, 6.07) is 22.2. The van der Waals surface area contributed by atoms with E-state index in [0.717, 1.165) is 0 Å². The van der Waals surface area contributed by atoms with Crippen molar-refractivity contribution in [3.8, 4) is 0 Å². The summed E-state index contributed by atoms with van der Waals surface area (Å²) in [7, 11) is 0. The Labute approximate surface area is 121 Å². The fraction of sp³-hybridized carbons (Fsp3) is 0.368. The fourth-order valence-electron chi connectivity index (χ4n) is 4.45. The van der Waals surface area contributed by atoms with E-state index < -0.39 is 0 Å². The lowest BCUT2D eigenvalue weighted by Crippen LogP contribution is -2.42. The molecule has 102 valence electrons. The molecule has 2 aromatic carbocycles. The van der Waals surface area contributed by atoms with Crippen molar-refractivity contribution in [2.24, 2.45) is 0 Å². The quantitative estimate of drug-likeness (QED) is 0.741. The summed E-state index contributed by atoms with van der Waals surface area (Å²) in [6.07, 6.45) is 2.73. The Morgan fingerprint density at radius 2 is 1.40 bits per heavy atom. The van der Waals surface area contributed by atoms with Crippen LogP contribution in [0.5, 0.6) is 0 Å². The van der Waals surface area contributed by atoms with E-state index >= 15 is 0 Å². The maximum absolute atomic E-state index is 2.34. The van der Waals surface area contributed by atoms with Gasteiger partial charge in [-0.2, -0.15) is 0 Å². The number of hydrogen-bond acceptors (Lipinski definition) is 0. The standard InChI is InChI=1S/C19H22N/c1-3-7-17(8-4-1)15-20-13-11-19(16-20,12-14-20)18-9-5-2-6-10-18/h1-10H,11-16H2/q+1. The molecule has 1 nitrogen and oxygen atoms in total. The summed E-state index contributed by atoms with van der Waals surface area (Å²) < 4.78 is 1.30. The number of fused-ring (bicyclic) bond motifs is 2. The molecular formula is C19H22N+. The average molecular weight is 264 g/mol. The van der Waals surface area contributed by atoms with Crippen molar-refractivity contribution >= 4 is 0 Å². The van der Waals surface area contributed by atoms with Gasteiger partial charge in [0.15, 0.2) is 0 Å². The van der Waals surface area contributed by atoms with Gasteiger partial charge in [0.2, 0.25) is 0 Å². The largest absolute Gasteiger partial charge is 0.319 e. The number of nitrogens with zero attached hydrogens (tertiary/aromatic N) is 1. The minimum Gasteiger partial charge on any atom is -0.319 e. The Kier molecular flexibility index (Phi) is 2.71. The highest BCUT2D eigenvalue weighted by molar-refractivity contribution is 5.28. The maximum Gasteiger partial charge on any atom is 0.104 e. The molecule has 2 aliphatic rings. The van der Waals surface area contributed by atoms with E-state index in [0.29, 0.717) is 5.41 Å². The minimum absolute atomic E-state index is 0.468. The van der Waals surface area contributed by atoms with Gasteiger partial charge in [-0.05, 0) is 5.56 Å². The third-order valence-electron chi connectivity index (χ3n) is 5.51. The monoisotopic (exact) mass is 264 g/mol. The van der Waals surface area contributed by atoms with Crippen molar-refractivity contribution < 1.29 is 4.48 Å². The second-order valence-corrected chi connectivity index (χ2v) is 6.74. The molecule has 0 N–H and O–H groups in total. The zero-order chi connectivity index (χ0) is 13.5. The first-order valence-electron chi connectivity index (χ1n) is 7.75. The molecule has 0 spiro atoms. The van der Waals surface area contributed by atoms with Crippen LogP contribution in [-0.2, 0) is 12.0 Å². The van der Waals surface area contributed by atoms with E-state index in [9.17, 15) is 0 Å². The van der Waals surface area contributed by atoms with E-state index in [1.807, 2.05) is 0 Å². The van der Waals surface area contributed by atoms with Gasteiger partial charge in [-0.15, -0.1) is 0 Å². The predicted octanol–water partition coefficient (Wildman–Crippen LogP) is 3.75. The Hall–Kier alpha value is -1.60. The summed E-state index contributed by atoms with van der Waals surface area (Å²) in [5.74, 6) is 0. The second-order valence-electron chi connectivity index (χ2n) is 6.74. The van der Waals surface area contributed by atoms with Crippen LogP contribution in [0.25, 0.3) is 0 Å². The molecule has 1 heteroatoms. The van der Waals surface area contributed by atoms with Gasteiger partial charge >= 0.3 is 0 Å². The molecule has 20 heavy (non-hydrogen) atoms. The Bertz CT molecular complexity index is 580. The summed E-state index contributed by atoms with van der Waals surface area (Å²) in [5, 5.41) is 0. The average Bonchev–Trinajstić information content (AvgIpc) is 3.06. The van der Waals surface area contributed by atoms with Crippen LogP contribution in [0.15, 0.2) is 60.7 Å². The highest BCUT2D eigenvalue weighted by atomic mass is 15.4. The summed E-state index contributed by atoms with van der Waals surface area (Å²) in [5.41, 5.74) is 3.54. The fourth-order valence-corrected chi connectivity index (χ4v) is 4.45. The van der Waals surface area contributed by atoms with E-state index in [1.54, 1.807) is 5.56 Å². The van der Waals surface area contributed by atoms with E-state index in [1.165, 1.54) is 49.1 Å². The molecule has 2 saturated heterocycles. The van der Waals surface area contributed by atoms with Crippen LogP contribution in [0.1, 0.15) is 24.0 Å². The second kappa shape index (κ2) is 4.46. The van der Waals surface area contributed by atoms with Crippen LogP contribution < -0.4 is 0 Å². The van der Waals surface area contributed by atoms with E-state index in [2.05, 4.69) is 60.7 Å². The van der Waals surface area contributed by atoms with Crippen molar-refractivity contribution in [3.63, 3.8) is 0 Å². The van der Waals surface area contributed by atoms with Crippen molar-refractivity contribution in [1.82, 2.24) is 0 Å². The van der Waals surface area contributed by atoms with Crippen LogP contribution in [0.3, 0.4) is 0 Å². The number of rotatable bonds is 3. The molecule has 0 aliphatic carbocycles. The predicted molar refractivity (Wildman–Crippen MR) is 82.4 cm³/mol. The zero-order valence-corrected chi connectivity index (χ0v) is 12.0. The Morgan fingerprint density at radius 1 is 0.800 bits per heavy atom. The molecule has 0 aromatic heterocycles. The molecule has 0 unspecified atom stereocenters. The number of quaternary nitrogens is 1. The number of hydrogen-bond donors (Lipinski definition) is 0. The van der Waals surface area contributed by atoms with Crippen molar-refractivity contribution in [3.05, 3.63) is 71.8 Å². The van der Waals surface area contributed by atoms with Gasteiger partial charge in [0.05, 0.1) is 25.0 Å². The third-order valence-corrected chi connectivity index (χ3v) is 5.51. The smallest absolute Gasteiger partial charge is 0.104 e. The maximum atomic E-state index is 2.34. The van der Waals surface area contributed by atoms with Gasteiger partial charge in [-0.25, -0.2) is 0 Å². The highest BCUT2D eigenvalue weighted by Crippen LogP contribution is 2.48. The van der Waals surface area contributed by atoms with E-state index in [4.69, 9.17) is 0 Å². The van der Waals surface area contributed by atoms with Gasteiger partial charge < -0.3 is 4.48 Å². The minimum atomic E-state index is 0.468. The van der Waals surface area contributed by atoms with Crippen LogP contribution in [-0.4, -0.2) is 24.1 Å². The third kappa shape index (κ3) is 1.89. The van der Waals surface area contributed by atoms with Gasteiger partial charge in [0, 0.05) is 18.4 Å². The molecule has 2 aromatic rings. The summed E-state index contributed by atoms with van der Waals surface area (Å²) in [6.45, 7) is 5.26. The molecule has 2 fully saturated rings. The lowest BCUT2D eigenvalue weighted by Gasteiger charge is -2.31. The number of piperidine rings is 1. The molecule has 2 aliphatic heterocycles. The molecule has 0 radical (unpaired) electrons. The lowest BCUT2D eigenvalue weighted by molar-refractivity contribution is -0.922. The molecule has 2 heterocycles. The summed E-state index contributed by atoms with van der Waals surface area (Å²) >= 11 is 0. The SMILES string of the molecule is c1ccc(C[N+]23CCC(c4ccccc4)(CC2)C3)cc1. The highest BCUT2D eigenvalue weighted by Gasteiger charge is 2.55. The molecule has 0 saturated carbocycles. The van der Waals surface area contributed by atoms with Gasteiger partial charge in [0.25, 0.3) is 0 Å². The number of benzene rings is 2. The summed E-state index contributed by atoms with van der Waals surface area (Å²) in [4.78, 5) is 0. The molecule has 0 amide bonds. The van der Waals surface area contributed by atoms with Crippen LogP contribution in [0, 0.1) is 0 Å². The molecular weight excluding hydrogens is 242 g/mol. The van der Waals surface area contributed by atoms with Crippen molar-refractivity contribution in [1.29, 1.82) is 0 Å². The van der Waals surface area contributed by atoms with E-state index in [-0.39, 0.29) is 0 Å².